The lowest BCUT2D eigenvalue weighted by Crippen LogP contribution is -2.28. The molecule has 1 saturated carbocycles. The fourth-order valence-corrected chi connectivity index (χ4v) is 3.57. The Morgan fingerprint density at radius 2 is 2.10 bits per heavy atom. The van der Waals surface area contributed by atoms with Crippen molar-refractivity contribution in [2.45, 2.75) is 35.4 Å². The third-order valence-electron chi connectivity index (χ3n) is 3.84. The lowest BCUT2D eigenvalue weighted by Gasteiger charge is -2.19. The van der Waals surface area contributed by atoms with E-state index in [1.54, 1.807) is 0 Å². The topological polar surface area (TPSA) is 29.9 Å². The summed E-state index contributed by atoms with van der Waals surface area (Å²) in [4.78, 5) is 1.38. The van der Waals surface area contributed by atoms with Gasteiger partial charge in [0.05, 0.1) is 6.20 Å². The largest absolute Gasteiger partial charge is 0.309 e. The smallest absolute Gasteiger partial charge is 0.0537 e. The zero-order chi connectivity index (χ0) is 14.0. The van der Waals surface area contributed by atoms with E-state index in [9.17, 15) is 0 Å². The Morgan fingerprint density at radius 3 is 2.70 bits per heavy atom. The van der Waals surface area contributed by atoms with Gasteiger partial charge in [0.1, 0.15) is 0 Å². The summed E-state index contributed by atoms with van der Waals surface area (Å²) < 4.78 is 2.26. The number of aromatic nitrogens is 2. The van der Waals surface area contributed by atoms with Crippen molar-refractivity contribution in [3.05, 3.63) is 48.3 Å². The summed E-state index contributed by atoms with van der Waals surface area (Å²) in [6.45, 7) is 3.27. The fraction of sp³-hybridized carbons (Fsp3) is 0.438. The van der Waals surface area contributed by atoms with Crippen LogP contribution in [0.15, 0.2) is 47.6 Å². The predicted octanol–water partition coefficient (Wildman–Crippen LogP) is 3.40. The van der Waals surface area contributed by atoms with Gasteiger partial charge in [-0.3, -0.25) is 4.68 Å². The third-order valence-corrected chi connectivity index (χ3v) is 5.33. The fourth-order valence-electron chi connectivity index (χ4n) is 2.31. The SMILES string of the molecule is CC(NCC1(Sc2ccccc2)CC1)c1cnn(C)c1. The third kappa shape index (κ3) is 3.25. The maximum Gasteiger partial charge on any atom is 0.0537 e. The van der Waals surface area contributed by atoms with Crippen molar-refractivity contribution >= 4 is 11.8 Å². The van der Waals surface area contributed by atoms with Gasteiger partial charge in [0.25, 0.3) is 0 Å². The van der Waals surface area contributed by atoms with Crippen molar-refractivity contribution in [2.75, 3.05) is 6.54 Å². The van der Waals surface area contributed by atoms with E-state index in [1.807, 2.05) is 29.7 Å². The molecule has 0 amide bonds. The number of nitrogens with zero attached hydrogens (tertiary/aromatic N) is 2. The van der Waals surface area contributed by atoms with E-state index in [4.69, 9.17) is 0 Å². The molecule has 1 aromatic heterocycles. The Labute approximate surface area is 124 Å². The minimum atomic E-state index is 0.359. The molecule has 1 atom stereocenters. The van der Waals surface area contributed by atoms with Gasteiger partial charge in [-0.25, -0.2) is 0 Å². The Morgan fingerprint density at radius 1 is 1.35 bits per heavy atom. The van der Waals surface area contributed by atoms with Crippen LogP contribution in [-0.4, -0.2) is 21.1 Å². The summed E-state index contributed by atoms with van der Waals surface area (Å²) in [6.07, 6.45) is 6.64. The van der Waals surface area contributed by atoms with Crippen LogP contribution in [0, 0.1) is 0 Å². The molecule has 0 aliphatic heterocycles. The molecule has 0 bridgehead atoms. The van der Waals surface area contributed by atoms with Gasteiger partial charge in [-0.15, -0.1) is 11.8 Å². The molecule has 1 N–H and O–H groups in total. The van der Waals surface area contributed by atoms with Gasteiger partial charge in [0.2, 0.25) is 0 Å². The monoisotopic (exact) mass is 287 g/mol. The summed E-state index contributed by atoms with van der Waals surface area (Å²) in [5.74, 6) is 0. The molecule has 4 heteroatoms. The molecule has 1 heterocycles. The number of aryl methyl sites for hydroxylation is 1. The lowest BCUT2D eigenvalue weighted by molar-refractivity contribution is 0.562. The number of hydrogen-bond acceptors (Lipinski definition) is 3. The minimum absolute atomic E-state index is 0.359. The zero-order valence-electron chi connectivity index (χ0n) is 12.0. The standard InChI is InChI=1S/C16H21N3S/c1-13(14-10-18-19(2)11-14)17-12-16(8-9-16)20-15-6-4-3-5-7-15/h3-7,10-11,13,17H,8-9,12H2,1-2H3. The van der Waals surface area contributed by atoms with Gasteiger partial charge in [0, 0.05) is 41.0 Å². The van der Waals surface area contributed by atoms with Crippen LogP contribution in [0.2, 0.25) is 0 Å². The number of thioether (sulfide) groups is 1. The highest BCUT2D eigenvalue weighted by atomic mass is 32.2. The maximum atomic E-state index is 4.24. The van der Waals surface area contributed by atoms with Gasteiger partial charge in [-0.1, -0.05) is 18.2 Å². The van der Waals surface area contributed by atoms with E-state index in [1.165, 1.54) is 23.3 Å². The molecule has 1 aliphatic rings. The van der Waals surface area contributed by atoms with E-state index in [-0.39, 0.29) is 0 Å². The second kappa shape index (κ2) is 5.62. The first-order chi connectivity index (χ1) is 9.67. The minimum Gasteiger partial charge on any atom is -0.309 e. The normalized spacial score (nSPS) is 17.9. The van der Waals surface area contributed by atoms with Crippen LogP contribution in [0.25, 0.3) is 0 Å². The average molecular weight is 287 g/mol. The Bertz CT molecular complexity index is 560. The lowest BCUT2D eigenvalue weighted by atomic mass is 10.2. The van der Waals surface area contributed by atoms with Crippen LogP contribution >= 0.6 is 11.8 Å². The van der Waals surface area contributed by atoms with Crippen molar-refractivity contribution in [3.8, 4) is 0 Å². The van der Waals surface area contributed by atoms with Crippen LogP contribution in [0.3, 0.4) is 0 Å². The van der Waals surface area contributed by atoms with Crippen LogP contribution in [0.4, 0.5) is 0 Å². The first-order valence-corrected chi connectivity index (χ1v) is 7.95. The van der Waals surface area contributed by atoms with Crippen molar-refractivity contribution in [3.63, 3.8) is 0 Å². The predicted molar refractivity (Wildman–Crippen MR) is 83.9 cm³/mol. The molecular formula is C16H21N3S. The molecule has 106 valence electrons. The van der Waals surface area contributed by atoms with Gasteiger partial charge in [-0.05, 0) is 31.9 Å². The maximum absolute atomic E-state index is 4.24. The Balaban J connectivity index is 1.55. The van der Waals surface area contributed by atoms with E-state index in [0.717, 1.165) is 6.54 Å². The van der Waals surface area contributed by atoms with Gasteiger partial charge >= 0.3 is 0 Å². The van der Waals surface area contributed by atoms with E-state index in [2.05, 4.69) is 53.9 Å². The summed E-state index contributed by atoms with van der Waals surface area (Å²) >= 11 is 2.02. The Kier molecular flexibility index (Phi) is 3.85. The molecule has 0 radical (unpaired) electrons. The van der Waals surface area contributed by atoms with E-state index in [0.29, 0.717) is 10.8 Å². The van der Waals surface area contributed by atoms with E-state index < -0.39 is 0 Å². The molecule has 20 heavy (non-hydrogen) atoms. The highest BCUT2D eigenvalue weighted by Gasteiger charge is 2.43. The summed E-state index contributed by atoms with van der Waals surface area (Å²) in [5, 5.41) is 7.90. The second-order valence-electron chi connectivity index (χ2n) is 5.65. The number of rotatable bonds is 6. The molecule has 3 rings (SSSR count). The van der Waals surface area contributed by atoms with Crippen LogP contribution < -0.4 is 5.32 Å². The van der Waals surface area contributed by atoms with Crippen LogP contribution in [0.5, 0.6) is 0 Å². The molecular weight excluding hydrogens is 266 g/mol. The highest BCUT2D eigenvalue weighted by molar-refractivity contribution is 8.01. The first kappa shape index (κ1) is 13.7. The van der Waals surface area contributed by atoms with Gasteiger partial charge < -0.3 is 5.32 Å². The van der Waals surface area contributed by atoms with Gasteiger partial charge in [0.15, 0.2) is 0 Å². The summed E-state index contributed by atoms with van der Waals surface area (Å²) in [5.41, 5.74) is 1.26. The molecule has 0 saturated heterocycles. The summed E-state index contributed by atoms with van der Waals surface area (Å²) in [6, 6.07) is 11.1. The van der Waals surface area contributed by atoms with E-state index >= 15 is 0 Å². The van der Waals surface area contributed by atoms with Crippen LogP contribution in [-0.2, 0) is 7.05 Å². The van der Waals surface area contributed by atoms with Crippen molar-refractivity contribution in [1.82, 2.24) is 15.1 Å². The van der Waals surface area contributed by atoms with Crippen molar-refractivity contribution < 1.29 is 0 Å². The molecule has 2 aromatic rings. The van der Waals surface area contributed by atoms with Crippen molar-refractivity contribution in [2.24, 2.45) is 7.05 Å². The highest BCUT2D eigenvalue weighted by Crippen LogP contribution is 2.51. The van der Waals surface area contributed by atoms with Gasteiger partial charge in [-0.2, -0.15) is 5.10 Å². The molecule has 1 aromatic carbocycles. The molecule has 3 nitrogen and oxygen atoms in total. The average Bonchev–Trinajstić information content (AvgIpc) is 3.08. The van der Waals surface area contributed by atoms with Crippen LogP contribution in [0.1, 0.15) is 31.4 Å². The Hall–Kier alpha value is -1.26. The molecule has 1 fully saturated rings. The van der Waals surface area contributed by atoms with Crippen molar-refractivity contribution in [1.29, 1.82) is 0 Å². The molecule has 1 unspecified atom stereocenters. The molecule has 0 spiro atoms. The number of benzene rings is 1. The number of nitrogens with one attached hydrogen (secondary N) is 1. The quantitative estimate of drug-likeness (QED) is 0.883. The first-order valence-electron chi connectivity index (χ1n) is 7.13. The number of hydrogen-bond donors (Lipinski definition) is 1. The molecule has 1 aliphatic carbocycles. The second-order valence-corrected chi connectivity index (χ2v) is 7.19. The zero-order valence-corrected chi connectivity index (χ0v) is 12.9. The summed E-state index contributed by atoms with van der Waals surface area (Å²) in [7, 11) is 1.96.